The molecule has 0 saturated carbocycles. The maximum atomic E-state index is 8.73. The molecule has 5 nitrogen and oxygen atoms in total. The number of thioether (sulfide) groups is 1. The van der Waals surface area contributed by atoms with E-state index in [9.17, 15) is 0 Å². The van der Waals surface area contributed by atoms with Gasteiger partial charge in [-0.05, 0) is 18.6 Å². The van der Waals surface area contributed by atoms with Crippen molar-refractivity contribution < 1.29 is 5.11 Å². The lowest BCUT2D eigenvalue weighted by Gasteiger charge is -2.02. The van der Waals surface area contributed by atoms with Crippen molar-refractivity contribution in [2.24, 2.45) is 7.05 Å². The second-order valence-electron chi connectivity index (χ2n) is 3.53. The van der Waals surface area contributed by atoms with Gasteiger partial charge in [0.05, 0.1) is 0 Å². The lowest BCUT2D eigenvalue weighted by atomic mass is 10.3. The molecule has 0 aliphatic carbocycles. The van der Waals surface area contributed by atoms with E-state index in [4.69, 9.17) is 5.11 Å². The minimum atomic E-state index is 0.209. The van der Waals surface area contributed by atoms with Crippen molar-refractivity contribution in [3.05, 3.63) is 24.5 Å². The molecule has 0 spiro atoms. The van der Waals surface area contributed by atoms with Crippen LogP contribution in [-0.2, 0) is 7.05 Å². The van der Waals surface area contributed by atoms with Crippen LogP contribution in [0.2, 0.25) is 0 Å². The van der Waals surface area contributed by atoms with E-state index in [1.165, 1.54) is 0 Å². The highest BCUT2D eigenvalue weighted by atomic mass is 32.2. The molecule has 0 unspecified atom stereocenters. The predicted octanol–water partition coefficient (Wildman–Crippen LogP) is 1.35. The zero-order chi connectivity index (χ0) is 12.1. The molecule has 1 N–H and O–H groups in total. The lowest BCUT2D eigenvalue weighted by molar-refractivity contribution is 0.296. The van der Waals surface area contributed by atoms with Crippen LogP contribution in [0.4, 0.5) is 0 Å². The Morgan fingerprint density at radius 1 is 1.41 bits per heavy atom. The first kappa shape index (κ1) is 12.1. The molecule has 17 heavy (non-hydrogen) atoms. The minimum Gasteiger partial charge on any atom is -0.396 e. The highest BCUT2D eigenvalue weighted by Crippen LogP contribution is 2.21. The zero-order valence-corrected chi connectivity index (χ0v) is 10.4. The lowest BCUT2D eigenvalue weighted by Crippen LogP contribution is -1.96. The molecule has 2 aromatic rings. The van der Waals surface area contributed by atoms with E-state index < -0.39 is 0 Å². The van der Waals surface area contributed by atoms with Gasteiger partial charge in [-0.1, -0.05) is 11.8 Å². The van der Waals surface area contributed by atoms with Gasteiger partial charge >= 0.3 is 0 Å². The first-order chi connectivity index (χ1) is 8.33. The molecular weight excluding hydrogens is 236 g/mol. The van der Waals surface area contributed by atoms with Crippen LogP contribution in [-0.4, -0.2) is 37.2 Å². The third kappa shape index (κ3) is 2.83. The molecule has 0 aliphatic heterocycles. The number of rotatable bonds is 5. The van der Waals surface area contributed by atoms with Crippen molar-refractivity contribution in [3.63, 3.8) is 0 Å². The molecule has 2 aromatic heterocycles. The van der Waals surface area contributed by atoms with Gasteiger partial charge in [0.1, 0.15) is 0 Å². The molecule has 0 atom stereocenters. The third-order valence-corrected chi connectivity index (χ3v) is 3.39. The fourth-order valence-electron chi connectivity index (χ4n) is 1.42. The van der Waals surface area contributed by atoms with E-state index in [-0.39, 0.29) is 6.61 Å². The summed E-state index contributed by atoms with van der Waals surface area (Å²) in [7, 11) is 1.93. The van der Waals surface area contributed by atoms with Crippen molar-refractivity contribution in [1.29, 1.82) is 0 Å². The smallest absolute Gasteiger partial charge is 0.191 e. The minimum absolute atomic E-state index is 0.209. The molecule has 0 radical (unpaired) electrons. The molecule has 0 saturated heterocycles. The van der Waals surface area contributed by atoms with Gasteiger partial charge in [0, 0.05) is 37.4 Å². The normalized spacial score (nSPS) is 10.7. The second kappa shape index (κ2) is 5.79. The summed E-state index contributed by atoms with van der Waals surface area (Å²) in [4.78, 5) is 4.07. The van der Waals surface area contributed by atoms with Gasteiger partial charge in [0.2, 0.25) is 0 Å². The molecule has 0 aromatic carbocycles. The average molecular weight is 250 g/mol. The van der Waals surface area contributed by atoms with Gasteiger partial charge in [-0.15, -0.1) is 10.2 Å². The van der Waals surface area contributed by atoms with Crippen LogP contribution in [0.5, 0.6) is 0 Å². The van der Waals surface area contributed by atoms with E-state index in [1.807, 2.05) is 23.7 Å². The number of nitrogens with zero attached hydrogens (tertiary/aromatic N) is 4. The predicted molar refractivity (Wildman–Crippen MR) is 66.7 cm³/mol. The van der Waals surface area contributed by atoms with E-state index in [0.29, 0.717) is 0 Å². The quantitative estimate of drug-likeness (QED) is 0.641. The monoisotopic (exact) mass is 250 g/mol. The summed E-state index contributed by atoms with van der Waals surface area (Å²) in [6.07, 6.45) is 4.27. The van der Waals surface area contributed by atoms with Crippen LogP contribution in [0.15, 0.2) is 29.7 Å². The zero-order valence-electron chi connectivity index (χ0n) is 9.58. The molecular formula is C11H14N4OS. The molecule has 2 rings (SSSR count). The standard InChI is InChI=1S/C11H14N4OS/c1-15-10(9-4-2-5-12-8-9)13-14-11(15)17-7-3-6-16/h2,4-5,8,16H,3,6-7H2,1H3. The maximum absolute atomic E-state index is 8.73. The summed E-state index contributed by atoms with van der Waals surface area (Å²) in [5.41, 5.74) is 0.955. The molecule has 90 valence electrons. The van der Waals surface area contributed by atoms with Gasteiger partial charge in [-0.25, -0.2) is 0 Å². The first-order valence-electron chi connectivity index (χ1n) is 5.36. The summed E-state index contributed by atoms with van der Waals surface area (Å²) in [5.74, 6) is 1.65. The Hall–Kier alpha value is -1.40. The van der Waals surface area contributed by atoms with Crippen molar-refractivity contribution in [2.45, 2.75) is 11.6 Å². The van der Waals surface area contributed by atoms with Gasteiger partial charge in [0.25, 0.3) is 0 Å². The third-order valence-electron chi connectivity index (χ3n) is 2.29. The summed E-state index contributed by atoms with van der Waals surface area (Å²) in [5, 5.41) is 17.9. The van der Waals surface area contributed by atoms with Gasteiger partial charge in [-0.2, -0.15) is 0 Å². The Kier molecular flexibility index (Phi) is 4.11. The second-order valence-corrected chi connectivity index (χ2v) is 4.59. The van der Waals surface area contributed by atoms with Gasteiger partial charge < -0.3 is 9.67 Å². The topological polar surface area (TPSA) is 63.8 Å². The molecule has 0 aliphatic rings. The SMILES string of the molecule is Cn1c(SCCCO)nnc1-c1cccnc1. The molecule has 0 bridgehead atoms. The maximum Gasteiger partial charge on any atom is 0.191 e. The molecule has 6 heteroatoms. The highest BCUT2D eigenvalue weighted by molar-refractivity contribution is 7.99. The summed E-state index contributed by atoms with van der Waals surface area (Å²) in [6, 6.07) is 3.84. The summed E-state index contributed by atoms with van der Waals surface area (Å²) >= 11 is 1.60. The highest BCUT2D eigenvalue weighted by Gasteiger charge is 2.10. The fourth-order valence-corrected chi connectivity index (χ4v) is 2.25. The van der Waals surface area contributed by atoms with E-state index in [2.05, 4.69) is 15.2 Å². The van der Waals surface area contributed by atoms with Crippen molar-refractivity contribution >= 4 is 11.8 Å². The number of aliphatic hydroxyl groups excluding tert-OH is 1. The Balaban J connectivity index is 2.15. The number of pyridine rings is 1. The summed E-state index contributed by atoms with van der Waals surface area (Å²) < 4.78 is 1.94. The number of aliphatic hydroxyl groups is 1. The molecule has 0 amide bonds. The van der Waals surface area contributed by atoms with Crippen molar-refractivity contribution in [3.8, 4) is 11.4 Å². The Bertz CT molecular complexity index is 472. The van der Waals surface area contributed by atoms with Gasteiger partial charge in [0.15, 0.2) is 11.0 Å². The van der Waals surface area contributed by atoms with Crippen molar-refractivity contribution in [2.75, 3.05) is 12.4 Å². The van der Waals surface area contributed by atoms with E-state index in [1.54, 1.807) is 24.2 Å². The van der Waals surface area contributed by atoms with Crippen LogP contribution in [0.25, 0.3) is 11.4 Å². The number of aromatic nitrogens is 4. The number of hydrogen-bond acceptors (Lipinski definition) is 5. The molecule has 2 heterocycles. The van der Waals surface area contributed by atoms with Crippen LogP contribution < -0.4 is 0 Å². The largest absolute Gasteiger partial charge is 0.396 e. The number of hydrogen-bond donors (Lipinski definition) is 1. The van der Waals surface area contributed by atoms with E-state index in [0.717, 1.165) is 28.7 Å². The van der Waals surface area contributed by atoms with Crippen molar-refractivity contribution in [1.82, 2.24) is 19.7 Å². The Morgan fingerprint density at radius 2 is 2.29 bits per heavy atom. The van der Waals surface area contributed by atoms with Crippen LogP contribution in [0.3, 0.4) is 0 Å². The first-order valence-corrected chi connectivity index (χ1v) is 6.35. The van der Waals surface area contributed by atoms with E-state index >= 15 is 0 Å². The van der Waals surface area contributed by atoms with Crippen LogP contribution >= 0.6 is 11.8 Å². The van der Waals surface area contributed by atoms with Gasteiger partial charge in [-0.3, -0.25) is 4.98 Å². The fraction of sp³-hybridized carbons (Fsp3) is 0.364. The Labute approximate surface area is 104 Å². The van der Waals surface area contributed by atoms with Crippen LogP contribution in [0, 0.1) is 0 Å². The average Bonchev–Trinajstić information content (AvgIpc) is 2.73. The summed E-state index contributed by atoms with van der Waals surface area (Å²) in [6.45, 7) is 0.209. The Morgan fingerprint density at radius 3 is 3.00 bits per heavy atom. The van der Waals surface area contributed by atoms with Crippen LogP contribution in [0.1, 0.15) is 6.42 Å². The molecule has 0 fully saturated rings.